The molecule has 1 saturated heterocycles. The Morgan fingerprint density at radius 2 is 2.11 bits per heavy atom. The van der Waals surface area contributed by atoms with Crippen molar-refractivity contribution in [2.45, 2.75) is 18.9 Å². The molecule has 6 nitrogen and oxygen atoms in total. The smallest absolute Gasteiger partial charge is 0.407 e. The van der Waals surface area contributed by atoms with Gasteiger partial charge in [0, 0.05) is 24.2 Å². The third kappa shape index (κ3) is 2.09. The van der Waals surface area contributed by atoms with Crippen molar-refractivity contribution in [1.29, 1.82) is 0 Å². The maximum atomic E-state index is 10.9. The molecule has 1 aromatic heterocycles. The normalized spacial score (nSPS) is 16.9. The van der Waals surface area contributed by atoms with Crippen LogP contribution >= 0.6 is 0 Å². The molecule has 0 spiro atoms. The standard InChI is InChI=1S/C13H16N4O2/c14-10-2-1-9-8-15-17(12(9)7-10)11-3-5-16(6-4-11)13(18)19/h1-2,7-8,11H,3-6,14H2,(H,18,19). The van der Waals surface area contributed by atoms with E-state index in [2.05, 4.69) is 5.10 Å². The maximum absolute atomic E-state index is 10.9. The number of carboxylic acid groups (broad SMARTS) is 1. The number of nitrogens with zero attached hydrogens (tertiary/aromatic N) is 3. The van der Waals surface area contributed by atoms with E-state index in [1.165, 1.54) is 4.90 Å². The van der Waals surface area contributed by atoms with E-state index in [9.17, 15) is 4.79 Å². The van der Waals surface area contributed by atoms with E-state index in [-0.39, 0.29) is 6.04 Å². The Balaban J connectivity index is 1.85. The summed E-state index contributed by atoms with van der Waals surface area (Å²) in [6.45, 7) is 1.12. The van der Waals surface area contributed by atoms with Gasteiger partial charge < -0.3 is 15.7 Å². The number of amides is 1. The van der Waals surface area contributed by atoms with Crippen LogP contribution in [0.5, 0.6) is 0 Å². The van der Waals surface area contributed by atoms with Crippen LogP contribution in [0.3, 0.4) is 0 Å². The van der Waals surface area contributed by atoms with Gasteiger partial charge in [0.25, 0.3) is 0 Å². The van der Waals surface area contributed by atoms with Crippen molar-refractivity contribution >= 4 is 22.7 Å². The minimum Gasteiger partial charge on any atom is -0.465 e. The number of aromatic nitrogens is 2. The second-order valence-corrected chi connectivity index (χ2v) is 4.91. The number of anilines is 1. The number of fused-ring (bicyclic) bond motifs is 1. The van der Waals surface area contributed by atoms with Crippen molar-refractivity contribution in [1.82, 2.24) is 14.7 Å². The molecule has 1 aromatic carbocycles. The van der Waals surface area contributed by atoms with Gasteiger partial charge in [-0.2, -0.15) is 5.10 Å². The predicted molar refractivity (Wildman–Crippen MR) is 72.0 cm³/mol. The third-order valence-corrected chi connectivity index (χ3v) is 3.70. The number of likely N-dealkylation sites (tertiary alicyclic amines) is 1. The van der Waals surface area contributed by atoms with E-state index in [1.807, 2.05) is 29.1 Å². The number of rotatable bonds is 1. The average molecular weight is 260 g/mol. The molecule has 100 valence electrons. The molecule has 3 N–H and O–H groups in total. The highest BCUT2D eigenvalue weighted by molar-refractivity contribution is 5.81. The van der Waals surface area contributed by atoms with Gasteiger partial charge in [0.15, 0.2) is 0 Å². The first-order valence-electron chi connectivity index (χ1n) is 6.36. The minimum absolute atomic E-state index is 0.245. The summed E-state index contributed by atoms with van der Waals surface area (Å²) in [5.74, 6) is 0. The molecule has 6 heteroatoms. The molecule has 1 fully saturated rings. The zero-order valence-corrected chi connectivity index (χ0v) is 10.5. The van der Waals surface area contributed by atoms with Gasteiger partial charge in [0.1, 0.15) is 0 Å². The van der Waals surface area contributed by atoms with Crippen LogP contribution in [-0.2, 0) is 0 Å². The monoisotopic (exact) mass is 260 g/mol. The van der Waals surface area contributed by atoms with E-state index in [0.29, 0.717) is 13.1 Å². The van der Waals surface area contributed by atoms with Crippen molar-refractivity contribution in [2.24, 2.45) is 0 Å². The van der Waals surface area contributed by atoms with Crippen molar-refractivity contribution in [2.75, 3.05) is 18.8 Å². The highest BCUT2D eigenvalue weighted by Gasteiger charge is 2.24. The zero-order chi connectivity index (χ0) is 13.4. The van der Waals surface area contributed by atoms with Gasteiger partial charge in [-0.3, -0.25) is 4.68 Å². The van der Waals surface area contributed by atoms with E-state index >= 15 is 0 Å². The minimum atomic E-state index is -0.840. The number of hydrogen-bond acceptors (Lipinski definition) is 3. The van der Waals surface area contributed by atoms with Gasteiger partial charge in [0.2, 0.25) is 0 Å². The second-order valence-electron chi connectivity index (χ2n) is 4.91. The number of benzene rings is 1. The Hall–Kier alpha value is -2.24. The first kappa shape index (κ1) is 11.8. The molecule has 0 saturated carbocycles. The number of nitrogen functional groups attached to an aromatic ring is 1. The van der Waals surface area contributed by atoms with Crippen molar-refractivity contribution in [3.63, 3.8) is 0 Å². The summed E-state index contributed by atoms with van der Waals surface area (Å²) in [6, 6.07) is 5.99. The molecule has 0 radical (unpaired) electrons. The molecule has 3 rings (SSSR count). The topological polar surface area (TPSA) is 84.4 Å². The highest BCUT2D eigenvalue weighted by atomic mass is 16.4. The van der Waals surface area contributed by atoms with Gasteiger partial charge in [-0.25, -0.2) is 4.79 Å². The first-order valence-corrected chi connectivity index (χ1v) is 6.36. The third-order valence-electron chi connectivity index (χ3n) is 3.70. The molecule has 1 aliphatic rings. The molecule has 2 aromatic rings. The lowest BCUT2D eigenvalue weighted by atomic mass is 10.1. The van der Waals surface area contributed by atoms with Crippen LogP contribution in [0, 0.1) is 0 Å². The summed E-state index contributed by atoms with van der Waals surface area (Å²) in [5, 5.41) is 14.4. The van der Waals surface area contributed by atoms with E-state index in [1.54, 1.807) is 0 Å². The summed E-state index contributed by atoms with van der Waals surface area (Å²) < 4.78 is 1.98. The largest absolute Gasteiger partial charge is 0.465 e. The SMILES string of the molecule is Nc1ccc2cnn(C3CCN(C(=O)O)CC3)c2c1. The van der Waals surface area contributed by atoms with Gasteiger partial charge in [-0.05, 0) is 31.0 Å². The zero-order valence-electron chi connectivity index (χ0n) is 10.5. The lowest BCUT2D eigenvalue weighted by Crippen LogP contribution is -2.38. The van der Waals surface area contributed by atoms with E-state index < -0.39 is 6.09 Å². The number of piperidine rings is 1. The second kappa shape index (κ2) is 4.46. The van der Waals surface area contributed by atoms with Crippen LogP contribution in [0.15, 0.2) is 24.4 Å². The maximum Gasteiger partial charge on any atom is 0.407 e. The fourth-order valence-electron chi connectivity index (χ4n) is 2.65. The molecule has 0 aliphatic carbocycles. The predicted octanol–water partition coefficient (Wildman–Crippen LogP) is 1.93. The number of carbonyl (C=O) groups is 1. The molecule has 0 atom stereocenters. The average Bonchev–Trinajstić information content (AvgIpc) is 2.81. The van der Waals surface area contributed by atoms with Gasteiger partial charge in [-0.1, -0.05) is 0 Å². The first-order chi connectivity index (χ1) is 9.15. The summed E-state index contributed by atoms with van der Waals surface area (Å²) >= 11 is 0. The Labute approximate surface area is 110 Å². The highest BCUT2D eigenvalue weighted by Crippen LogP contribution is 2.27. The summed E-state index contributed by atoms with van der Waals surface area (Å²) in [7, 11) is 0. The summed E-state index contributed by atoms with van der Waals surface area (Å²) in [5.41, 5.74) is 7.56. The lowest BCUT2D eigenvalue weighted by molar-refractivity contribution is 0.124. The van der Waals surface area contributed by atoms with Crippen LogP contribution in [0.2, 0.25) is 0 Å². The summed E-state index contributed by atoms with van der Waals surface area (Å²) in [6.07, 6.45) is 2.57. The fraction of sp³-hybridized carbons (Fsp3) is 0.385. The number of nitrogens with two attached hydrogens (primary N) is 1. The molecule has 19 heavy (non-hydrogen) atoms. The van der Waals surface area contributed by atoms with Crippen LogP contribution in [0.1, 0.15) is 18.9 Å². The number of hydrogen-bond donors (Lipinski definition) is 2. The van der Waals surface area contributed by atoms with Gasteiger partial charge in [-0.15, -0.1) is 0 Å². The summed E-state index contributed by atoms with van der Waals surface area (Å²) in [4.78, 5) is 12.3. The van der Waals surface area contributed by atoms with Crippen LogP contribution in [-0.4, -0.2) is 39.0 Å². The quantitative estimate of drug-likeness (QED) is 0.767. The van der Waals surface area contributed by atoms with Gasteiger partial charge >= 0.3 is 6.09 Å². The lowest BCUT2D eigenvalue weighted by Gasteiger charge is -2.30. The Morgan fingerprint density at radius 1 is 1.37 bits per heavy atom. The van der Waals surface area contributed by atoms with Crippen molar-refractivity contribution in [3.05, 3.63) is 24.4 Å². The Bertz CT molecular complexity index is 614. The van der Waals surface area contributed by atoms with E-state index in [4.69, 9.17) is 10.8 Å². The van der Waals surface area contributed by atoms with Gasteiger partial charge in [0.05, 0.1) is 17.8 Å². The molecule has 0 bridgehead atoms. The molecule has 1 aliphatic heterocycles. The van der Waals surface area contributed by atoms with Crippen LogP contribution < -0.4 is 5.73 Å². The Kier molecular flexibility index (Phi) is 2.77. The van der Waals surface area contributed by atoms with Crippen LogP contribution in [0.25, 0.3) is 10.9 Å². The molecular formula is C13H16N4O2. The Morgan fingerprint density at radius 3 is 2.79 bits per heavy atom. The fourth-order valence-corrected chi connectivity index (χ4v) is 2.65. The van der Waals surface area contributed by atoms with E-state index in [0.717, 1.165) is 29.4 Å². The molecule has 2 heterocycles. The molecular weight excluding hydrogens is 244 g/mol. The van der Waals surface area contributed by atoms with Crippen molar-refractivity contribution < 1.29 is 9.90 Å². The molecule has 0 unspecified atom stereocenters. The molecule has 1 amide bonds. The van der Waals surface area contributed by atoms with Crippen molar-refractivity contribution in [3.8, 4) is 0 Å². The van der Waals surface area contributed by atoms with Crippen LogP contribution in [0.4, 0.5) is 10.5 Å².